The monoisotopic (exact) mass is 524 g/mol. The Hall–Kier alpha value is -4.02. The van der Waals surface area contributed by atoms with Crippen LogP contribution in [0, 0.1) is 5.82 Å². The number of hydrogen-bond acceptors (Lipinski definition) is 6. The van der Waals surface area contributed by atoms with Crippen molar-refractivity contribution in [3.8, 4) is 28.1 Å². The summed E-state index contributed by atoms with van der Waals surface area (Å²) in [7, 11) is 1.34. The number of anilines is 1. The van der Waals surface area contributed by atoms with Crippen molar-refractivity contribution in [1.82, 2.24) is 14.9 Å². The third kappa shape index (κ3) is 4.36. The van der Waals surface area contributed by atoms with Crippen LogP contribution in [0.5, 0.6) is 5.75 Å². The number of rotatable bonds is 6. The Morgan fingerprint density at radius 2 is 1.92 bits per heavy atom. The van der Waals surface area contributed by atoms with Gasteiger partial charge in [0.25, 0.3) is 5.56 Å². The van der Waals surface area contributed by atoms with Gasteiger partial charge in [0.2, 0.25) is 0 Å². The van der Waals surface area contributed by atoms with Gasteiger partial charge in [0.1, 0.15) is 23.5 Å². The van der Waals surface area contributed by atoms with Gasteiger partial charge in [0.15, 0.2) is 16.8 Å². The van der Waals surface area contributed by atoms with Crippen molar-refractivity contribution < 1.29 is 17.9 Å². The fourth-order valence-electron chi connectivity index (χ4n) is 3.85. The number of aromatic nitrogens is 3. The van der Waals surface area contributed by atoms with E-state index in [2.05, 4.69) is 15.0 Å². The molecule has 0 aliphatic carbocycles. The highest BCUT2D eigenvalue weighted by atomic mass is 35.5. The summed E-state index contributed by atoms with van der Waals surface area (Å²) in [5.74, 6) is 0.351. The van der Waals surface area contributed by atoms with Gasteiger partial charge >= 0.3 is 0 Å². The van der Waals surface area contributed by atoms with E-state index in [0.29, 0.717) is 54.6 Å². The normalized spacial score (nSPS) is 12.0. The summed E-state index contributed by atoms with van der Waals surface area (Å²) in [6, 6.07) is 15.8. The van der Waals surface area contributed by atoms with Crippen LogP contribution < -0.4 is 15.0 Å². The topological polar surface area (TPSA) is 99.2 Å². The number of halogens is 2. The van der Waals surface area contributed by atoms with Crippen LogP contribution in [0.1, 0.15) is 0 Å². The lowest BCUT2D eigenvalue weighted by Crippen LogP contribution is -2.21. The minimum atomic E-state index is -1.69. The first kappa shape index (κ1) is 23.7. The van der Waals surface area contributed by atoms with E-state index in [9.17, 15) is 13.4 Å². The number of hydrogen-bond donors (Lipinski definition) is 1. The molecule has 0 aliphatic heterocycles. The largest absolute Gasteiger partial charge is 0.496 e. The second-order valence-corrected chi connectivity index (χ2v) is 9.40. The molecule has 1 unspecified atom stereocenters. The highest BCUT2D eigenvalue weighted by Gasteiger charge is 2.19. The second-order valence-electron chi connectivity index (χ2n) is 7.78. The number of nitrogens with one attached hydrogen (secondary N) is 1. The van der Waals surface area contributed by atoms with E-state index in [-0.39, 0.29) is 11.4 Å². The summed E-state index contributed by atoms with van der Waals surface area (Å²) >= 11 is 6.62. The van der Waals surface area contributed by atoms with Crippen molar-refractivity contribution in [3.05, 3.63) is 88.1 Å². The van der Waals surface area contributed by atoms with E-state index in [0.717, 1.165) is 0 Å². The molecule has 36 heavy (non-hydrogen) atoms. The van der Waals surface area contributed by atoms with Gasteiger partial charge in [-0.05, 0) is 42.0 Å². The minimum Gasteiger partial charge on any atom is -0.496 e. The van der Waals surface area contributed by atoms with Crippen LogP contribution in [0.25, 0.3) is 33.2 Å². The van der Waals surface area contributed by atoms with Gasteiger partial charge < -0.3 is 9.26 Å². The maximum atomic E-state index is 13.8. The Morgan fingerprint density at radius 1 is 1.08 bits per heavy atom. The van der Waals surface area contributed by atoms with Gasteiger partial charge in [-0.15, -0.1) is 0 Å². The number of nitrogens with zero attached hydrogens (tertiary/aromatic N) is 3. The predicted molar refractivity (Wildman–Crippen MR) is 136 cm³/mol. The summed E-state index contributed by atoms with van der Waals surface area (Å²) in [6.45, 7) is 0. The van der Waals surface area contributed by atoms with Gasteiger partial charge in [-0.2, -0.15) is 5.10 Å². The van der Waals surface area contributed by atoms with Gasteiger partial charge in [-0.25, -0.2) is 13.3 Å². The Morgan fingerprint density at radius 3 is 2.64 bits per heavy atom. The molecule has 2 heterocycles. The lowest BCUT2D eigenvalue weighted by molar-refractivity contribution is 0.416. The fraction of sp³-hybridized carbons (Fsp3) is 0.0800. The molecule has 0 saturated heterocycles. The smallest absolute Gasteiger partial charge is 0.274 e. The van der Waals surface area contributed by atoms with Crippen LogP contribution >= 0.6 is 11.6 Å². The van der Waals surface area contributed by atoms with E-state index in [1.807, 2.05) is 0 Å². The van der Waals surface area contributed by atoms with Crippen LogP contribution in [0.15, 0.2) is 81.1 Å². The lowest BCUT2D eigenvalue weighted by Gasteiger charge is -2.15. The molecule has 1 N–H and O–H groups in total. The summed E-state index contributed by atoms with van der Waals surface area (Å²) in [5.41, 5.74) is 1.80. The number of fused-ring (bicyclic) bond motifs is 1. The van der Waals surface area contributed by atoms with Crippen molar-refractivity contribution in [2.75, 3.05) is 11.8 Å². The molecule has 0 bridgehead atoms. The number of benzene rings is 3. The maximum absolute atomic E-state index is 13.8. The van der Waals surface area contributed by atoms with Crippen molar-refractivity contribution in [2.45, 2.75) is 4.90 Å². The van der Waals surface area contributed by atoms with Gasteiger partial charge in [-0.3, -0.25) is 9.52 Å². The SMILES string of the molecule is COc1cc(-c2cccc(F)c2)c(Cl)cc1-c1nn(C)c(=O)c2cc(S(=O)Nc3ccon3)ccc12. The molecule has 8 nitrogen and oxygen atoms in total. The van der Waals surface area contributed by atoms with E-state index in [1.165, 1.54) is 43.3 Å². The number of aryl methyl sites for hydroxylation is 1. The van der Waals surface area contributed by atoms with Gasteiger partial charge in [0.05, 0.1) is 17.4 Å². The fourth-order valence-corrected chi connectivity index (χ4v) is 4.95. The highest BCUT2D eigenvalue weighted by Crippen LogP contribution is 2.40. The quantitative estimate of drug-likeness (QED) is 0.328. The maximum Gasteiger partial charge on any atom is 0.274 e. The molecule has 0 saturated carbocycles. The average Bonchev–Trinajstić information content (AvgIpc) is 3.39. The Balaban J connectivity index is 1.65. The molecular formula is C25H18ClFN4O4S. The standard InChI is InChI=1S/C25H18ClFN4O4S/c1-31-25(32)19-11-16(36(33)30-23-8-9-35-29-23)6-7-17(19)24(28-31)20-12-21(26)18(13-22(20)34-2)14-4-3-5-15(27)10-14/h3-13H,1-2H3,(H,29,30). The summed E-state index contributed by atoms with van der Waals surface area (Å²) in [6.07, 6.45) is 1.35. The molecule has 11 heteroatoms. The number of ether oxygens (including phenoxy) is 1. The number of methoxy groups -OCH3 is 1. The van der Waals surface area contributed by atoms with Gasteiger partial charge in [-0.1, -0.05) is 35.0 Å². The molecule has 5 aromatic rings. The van der Waals surface area contributed by atoms with Crippen LogP contribution in [-0.4, -0.2) is 26.3 Å². The molecule has 0 fully saturated rings. The highest BCUT2D eigenvalue weighted by molar-refractivity contribution is 7.86. The first-order chi connectivity index (χ1) is 17.4. The van der Waals surface area contributed by atoms with E-state index in [4.69, 9.17) is 20.9 Å². The zero-order valence-corrected chi connectivity index (χ0v) is 20.6. The van der Waals surface area contributed by atoms with Gasteiger partial charge in [0, 0.05) is 34.6 Å². The Bertz CT molecular complexity index is 1690. The van der Waals surface area contributed by atoms with E-state index >= 15 is 0 Å². The lowest BCUT2D eigenvalue weighted by atomic mass is 9.99. The molecule has 5 rings (SSSR count). The molecule has 3 aromatic carbocycles. The van der Waals surface area contributed by atoms with Crippen molar-refractivity contribution in [3.63, 3.8) is 0 Å². The van der Waals surface area contributed by atoms with Crippen LogP contribution in [0.2, 0.25) is 5.02 Å². The molecule has 0 amide bonds. The summed E-state index contributed by atoms with van der Waals surface area (Å²) < 4.78 is 40.9. The van der Waals surface area contributed by atoms with Crippen LogP contribution in [-0.2, 0) is 18.0 Å². The average molecular weight is 525 g/mol. The minimum absolute atomic E-state index is 0.300. The zero-order chi connectivity index (χ0) is 25.4. The van der Waals surface area contributed by atoms with Crippen molar-refractivity contribution in [2.24, 2.45) is 7.05 Å². The molecule has 0 aliphatic rings. The van der Waals surface area contributed by atoms with Crippen molar-refractivity contribution in [1.29, 1.82) is 0 Å². The van der Waals surface area contributed by atoms with Crippen LogP contribution in [0.3, 0.4) is 0 Å². The van der Waals surface area contributed by atoms with E-state index < -0.39 is 11.0 Å². The third-order valence-electron chi connectivity index (χ3n) is 5.55. The first-order valence-corrected chi connectivity index (χ1v) is 12.1. The predicted octanol–water partition coefficient (Wildman–Crippen LogP) is 5.19. The molecular weight excluding hydrogens is 507 g/mol. The Labute approximate surface area is 211 Å². The zero-order valence-electron chi connectivity index (χ0n) is 19.0. The molecule has 0 radical (unpaired) electrons. The first-order valence-electron chi connectivity index (χ1n) is 10.6. The molecule has 1 atom stereocenters. The second kappa shape index (κ2) is 9.56. The molecule has 182 valence electrons. The summed E-state index contributed by atoms with van der Waals surface area (Å²) in [5, 5.41) is 9.34. The Kier molecular flexibility index (Phi) is 6.29. The molecule has 2 aromatic heterocycles. The third-order valence-corrected chi connectivity index (χ3v) is 6.94. The summed E-state index contributed by atoms with van der Waals surface area (Å²) in [4.78, 5) is 13.3. The van der Waals surface area contributed by atoms with Crippen molar-refractivity contribution >= 4 is 39.2 Å². The van der Waals surface area contributed by atoms with Crippen LogP contribution in [0.4, 0.5) is 10.2 Å². The van der Waals surface area contributed by atoms with E-state index in [1.54, 1.807) is 42.5 Å². The molecule has 0 spiro atoms.